The first-order valence-electron chi connectivity index (χ1n) is 8.66. The molecule has 0 saturated heterocycles. The van der Waals surface area contributed by atoms with Crippen LogP contribution in [0, 0.1) is 0 Å². The molecule has 1 aliphatic rings. The lowest BCUT2D eigenvalue weighted by molar-refractivity contribution is 0.0668. The maximum atomic E-state index is 13.1. The molecular formula is C20H19N3O3. The van der Waals surface area contributed by atoms with Gasteiger partial charge < -0.3 is 14.3 Å². The maximum absolute atomic E-state index is 13.1. The minimum absolute atomic E-state index is 0.134. The van der Waals surface area contributed by atoms with Gasteiger partial charge in [-0.25, -0.2) is 0 Å². The fourth-order valence-corrected chi connectivity index (χ4v) is 3.13. The van der Waals surface area contributed by atoms with Crippen molar-refractivity contribution in [3.63, 3.8) is 0 Å². The van der Waals surface area contributed by atoms with E-state index < -0.39 is 5.56 Å². The number of hydrogen-bond acceptors (Lipinski definition) is 4. The van der Waals surface area contributed by atoms with Gasteiger partial charge in [-0.15, -0.1) is 0 Å². The number of pyridine rings is 2. The molecule has 0 aliphatic heterocycles. The predicted octanol–water partition coefficient (Wildman–Crippen LogP) is 3.40. The largest absolute Gasteiger partial charge is 0.463 e. The number of hydrogen-bond donors (Lipinski definition) is 1. The van der Waals surface area contributed by atoms with Crippen molar-refractivity contribution in [2.24, 2.45) is 0 Å². The monoisotopic (exact) mass is 349 g/mol. The van der Waals surface area contributed by atoms with Crippen molar-refractivity contribution >= 4 is 5.91 Å². The Bertz CT molecular complexity index is 959. The molecule has 132 valence electrons. The van der Waals surface area contributed by atoms with Crippen LogP contribution in [-0.2, 0) is 0 Å². The van der Waals surface area contributed by atoms with E-state index in [0.717, 1.165) is 18.5 Å². The van der Waals surface area contributed by atoms with Crippen LogP contribution in [0.4, 0.5) is 0 Å². The maximum Gasteiger partial charge on any atom is 0.261 e. The smallest absolute Gasteiger partial charge is 0.261 e. The number of carbonyl (C=O) groups excluding carboxylic acids is 1. The summed E-state index contributed by atoms with van der Waals surface area (Å²) in [7, 11) is 0. The van der Waals surface area contributed by atoms with E-state index in [9.17, 15) is 9.59 Å². The van der Waals surface area contributed by atoms with Crippen molar-refractivity contribution in [2.75, 3.05) is 0 Å². The second kappa shape index (κ2) is 6.63. The minimum Gasteiger partial charge on any atom is -0.463 e. The Morgan fingerprint density at radius 1 is 1.23 bits per heavy atom. The third-order valence-corrected chi connectivity index (χ3v) is 4.63. The fourth-order valence-electron chi connectivity index (χ4n) is 3.13. The molecule has 1 fully saturated rings. The van der Waals surface area contributed by atoms with Crippen LogP contribution in [0.5, 0.6) is 0 Å². The molecule has 4 rings (SSSR count). The number of nitrogens with one attached hydrogen (secondary N) is 1. The summed E-state index contributed by atoms with van der Waals surface area (Å²) in [6.45, 7) is 1.95. The van der Waals surface area contributed by atoms with Crippen LogP contribution in [0.15, 0.2) is 64.1 Å². The van der Waals surface area contributed by atoms with Gasteiger partial charge in [0.25, 0.3) is 11.5 Å². The van der Waals surface area contributed by atoms with Crippen LogP contribution < -0.4 is 5.56 Å². The van der Waals surface area contributed by atoms with Crippen molar-refractivity contribution in [1.29, 1.82) is 0 Å². The Hall–Kier alpha value is -3.15. The van der Waals surface area contributed by atoms with E-state index in [0.29, 0.717) is 11.5 Å². The Kier molecular flexibility index (Phi) is 4.16. The summed E-state index contributed by atoms with van der Waals surface area (Å²) < 4.78 is 5.29. The van der Waals surface area contributed by atoms with Gasteiger partial charge in [0, 0.05) is 12.2 Å². The highest BCUT2D eigenvalue weighted by atomic mass is 16.3. The molecule has 1 amide bonds. The van der Waals surface area contributed by atoms with Crippen LogP contribution in [-0.4, -0.2) is 26.8 Å². The van der Waals surface area contributed by atoms with E-state index in [1.165, 1.54) is 6.26 Å². The van der Waals surface area contributed by atoms with Crippen molar-refractivity contribution < 1.29 is 9.21 Å². The molecule has 1 aliphatic carbocycles. The summed E-state index contributed by atoms with van der Waals surface area (Å²) in [5.74, 6) is 0.292. The molecule has 3 aromatic heterocycles. The van der Waals surface area contributed by atoms with Gasteiger partial charge >= 0.3 is 0 Å². The molecule has 1 saturated carbocycles. The summed E-state index contributed by atoms with van der Waals surface area (Å²) in [6, 6.07) is 12.4. The van der Waals surface area contributed by atoms with Crippen LogP contribution in [0.25, 0.3) is 11.5 Å². The second-order valence-electron chi connectivity index (χ2n) is 6.47. The fraction of sp³-hybridized carbons (Fsp3) is 0.250. The SMILES string of the molecule is CC(c1ccccn1)N(C(=O)c1ccc(-c2ccco2)[nH]c1=O)C1CC1. The highest BCUT2D eigenvalue weighted by Crippen LogP contribution is 2.34. The summed E-state index contributed by atoms with van der Waals surface area (Å²) in [6.07, 6.45) is 5.15. The molecule has 26 heavy (non-hydrogen) atoms. The van der Waals surface area contributed by atoms with Gasteiger partial charge in [0.2, 0.25) is 0 Å². The highest BCUT2D eigenvalue weighted by molar-refractivity contribution is 5.94. The normalized spacial score (nSPS) is 14.8. The van der Waals surface area contributed by atoms with Gasteiger partial charge in [0.1, 0.15) is 11.3 Å². The van der Waals surface area contributed by atoms with Crippen LogP contribution in [0.1, 0.15) is 41.9 Å². The number of rotatable bonds is 5. The molecule has 1 unspecified atom stereocenters. The van der Waals surface area contributed by atoms with Gasteiger partial charge in [-0.2, -0.15) is 0 Å². The van der Waals surface area contributed by atoms with E-state index in [4.69, 9.17) is 4.42 Å². The van der Waals surface area contributed by atoms with Gasteiger partial charge in [-0.05, 0) is 56.2 Å². The van der Waals surface area contributed by atoms with Gasteiger partial charge in [0.15, 0.2) is 0 Å². The first-order chi connectivity index (χ1) is 12.6. The van der Waals surface area contributed by atoms with Gasteiger partial charge in [0.05, 0.1) is 23.7 Å². The summed E-state index contributed by atoms with van der Waals surface area (Å²) in [4.78, 5) is 34.5. The number of aromatic amines is 1. The second-order valence-corrected chi connectivity index (χ2v) is 6.47. The van der Waals surface area contributed by atoms with E-state index in [1.54, 1.807) is 35.4 Å². The third kappa shape index (κ3) is 3.06. The number of furan rings is 1. The third-order valence-electron chi connectivity index (χ3n) is 4.63. The molecule has 6 nitrogen and oxygen atoms in total. The van der Waals surface area contributed by atoms with Gasteiger partial charge in [-0.1, -0.05) is 6.07 Å². The zero-order valence-corrected chi connectivity index (χ0v) is 14.4. The molecule has 0 spiro atoms. The summed E-state index contributed by atoms with van der Waals surface area (Å²) in [5.41, 5.74) is 1.08. The molecule has 0 aromatic carbocycles. The topological polar surface area (TPSA) is 79.2 Å². The number of nitrogens with zero attached hydrogens (tertiary/aromatic N) is 2. The average Bonchev–Trinajstić information content (AvgIpc) is 3.33. The van der Waals surface area contributed by atoms with Crippen LogP contribution in [0.3, 0.4) is 0 Å². The van der Waals surface area contributed by atoms with E-state index >= 15 is 0 Å². The summed E-state index contributed by atoms with van der Waals surface area (Å²) in [5, 5.41) is 0. The van der Waals surface area contributed by atoms with Crippen LogP contribution in [0.2, 0.25) is 0 Å². The average molecular weight is 349 g/mol. The number of H-pyrrole nitrogens is 1. The lowest BCUT2D eigenvalue weighted by atomic mass is 10.1. The number of carbonyl (C=O) groups is 1. The van der Waals surface area contributed by atoms with E-state index in [-0.39, 0.29) is 23.6 Å². The zero-order chi connectivity index (χ0) is 18.1. The minimum atomic E-state index is -0.414. The van der Waals surface area contributed by atoms with Crippen molar-refractivity contribution in [3.05, 3.63) is 76.5 Å². The molecule has 1 atom stereocenters. The Morgan fingerprint density at radius 2 is 2.08 bits per heavy atom. The van der Waals surface area contributed by atoms with Crippen molar-refractivity contribution in [2.45, 2.75) is 31.8 Å². The van der Waals surface area contributed by atoms with E-state index in [1.807, 2.05) is 25.1 Å². The first-order valence-corrected chi connectivity index (χ1v) is 8.66. The molecular weight excluding hydrogens is 330 g/mol. The zero-order valence-electron chi connectivity index (χ0n) is 14.4. The highest BCUT2D eigenvalue weighted by Gasteiger charge is 2.37. The lowest BCUT2D eigenvalue weighted by Crippen LogP contribution is -2.38. The van der Waals surface area contributed by atoms with Crippen molar-refractivity contribution in [1.82, 2.24) is 14.9 Å². The standard InChI is InChI=1S/C20H19N3O3/c1-13(16-5-2-3-11-21-16)23(14-7-8-14)20(25)15-9-10-17(22-19(15)24)18-6-4-12-26-18/h2-6,9-14H,7-8H2,1H3,(H,22,24). The number of aromatic nitrogens is 2. The Morgan fingerprint density at radius 3 is 2.69 bits per heavy atom. The molecule has 0 radical (unpaired) electrons. The molecule has 1 N–H and O–H groups in total. The molecule has 0 bridgehead atoms. The lowest BCUT2D eigenvalue weighted by Gasteiger charge is -2.29. The molecule has 6 heteroatoms. The van der Waals surface area contributed by atoms with Crippen molar-refractivity contribution in [3.8, 4) is 11.5 Å². The Labute approximate surface area is 150 Å². The Balaban J connectivity index is 1.65. The quantitative estimate of drug-likeness (QED) is 0.766. The van der Waals surface area contributed by atoms with E-state index in [2.05, 4.69) is 9.97 Å². The summed E-state index contributed by atoms with van der Waals surface area (Å²) >= 11 is 0. The first kappa shape index (κ1) is 16.3. The van der Waals surface area contributed by atoms with Gasteiger partial charge in [-0.3, -0.25) is 14.6 Å². The molecule has 3 aromatic rings. The van der Waals surface area contributed by atoms with Crippen LogP contribution >= 0.6 is 0 Å². The number of amides is 1. The predicted molar refractivity (Wildman–Crippen MR) is 96.6 cm³/mol. The molecule has 3 heterocycles.